The third-order valence-corrected chi connectivity index (χ3v) is 2.65. The molecular weight excluding hydrogens is 284 g/mol. The van der Waals surface area contributed by atoms with Gasteiger partial charge in [0.15, 0.2) is 0 Å². The van der Waals surface area contributed by atoms with E-state index in [9.17, 15) is 9.59 Å². The van der Waals surface area contributed by atoms with Crippen molar-refractivity contribution in [2.75, 3.05) is 0 Å². The van der Waals surface area contributed by atoms with Gasteiger partial charge >= 0.3 is 5.97 Å². The van der Waals surface area contributed by atoms with E-state index in [0.29, 0.717) is 11.5 Å². The van der Waals surface area contributed by atoms with Crippen LogP contribution in [0.2, 0.25) is 0 Å². The number of esters is 1. The summed E-state index contributed by atoms with van der Waals surface area (Å²) in [7, 11) is 0. The van der Waals surface area contributed by atoms with E-state index in [1.54, 1.807) is 31.2 Å². The van der Waals surface area contributed by atoms with Crippen LogP contribution in [-0.4, -0.2) is 27.6 Å². The lowest BCUT2D eigenvalue weighted by Crippen LogP contribution is -2.20. The molecule has 0 saturated carbocycles. The molecule has 0 fully saturated rings. The van der Waals surface area contributed by atoms with Gasteiger partial charge in [0.2, 0.25) is 0 Å². The van der Waals surface area contributed by atoms with Crippen molar-refractivity contribution in [3.63, 3.8) is 0 Å². The van der Waals surface area contributed by atoms with Crippen LogP contribution in [0.4, 0.5) is 0 Å². The van der Waals surface area contributed by atoms with Crippen LogP contribution in [0.5, 0.6) is 5.75 Å². The van der Waals surface area contributed by atoms with Crippen molar-refractivity contribution in [1.29, 1.82) is 0 Å². The Labute approximate surface area is 127 Å². The van der Waals surface area contributed by atoms with E-state index in [-0.39, 0.29) is 11.7 Å². The fourth-order valence-electron chi connectivity index (χ4n) is 1.60. The van der Waals surface area contributed by atoms with Crippen molar-refractivity contribution in [3.8, 4) is 5.75 Å². The van der Waals surface area contributed by atoms with E-state index in [4.69, 9.17) is 4.74 Å². The summed E-state index contributed by atoms with van der Waals surface area (Å²) in [5.41, 5.74) is 3.98. The number of ether oxygens (including phenoxy) is 1. The molecule has 1 amide bonds. The van der Waals surface area contributed by atoms with Crippen molar-refractivity contribution >= 4 is 17.6 Å². The molecule has 0 aliphatic heterocycles. The number of carbonyl (C=O) groups excluding carboxylic acids is 2. The lowest BCUT2D eigenvalue weighted by Gasteiger charge is -2.04. The number of nitrogens with one attached hydrogen (secondary N) is 1. The lowest BCUT2D eigenvalue weighted by atomic mass is 10.1. The first kappa shape index (κ1) is 15.3. The number of carbonyl (C=O) groups is 2. The highest BCUT2D eigenvalue weighted by Gasteiger charge is 2.06. The molecule has 2 aromatic rings. The third-order valence-electron chi connectivity index (χ3n) is 2.65. The summed E-state index contributed by atoms with van der Waals surface area (Å²) in [5, 5.41) is 4.00. The van der Waals surface area contributed by atoms with Gasteiger partial charge in [0.1, 0.15) is 11.4 Å². The first-order chi connectivity index (χ1) is 10.6. The second kappa shape index (κ2) is 7.07. The zero-order chi connectivity index (χ0) is 15.9. The molecule has 0 bridgehead atoms. The number of nitrogens with zero attached hydrogens (tertiary/aromatic N) is 3. The second-order valence-electron chi connectivity index (χ2n) is 4.35. The van der Waals surface area contributed by atoms with Crippen molar-refractivity contribution in [2.45, 2.75) is 13.8 Å². The van der Waals surface area contributed by atoms with Crippen LogP contribution in [0, 0.1) is 0 Å². The van der Waals surface area contributed by atoms with Crippen molar-refractivity contribution in [3.05, 3.63) is 54.1 Å². The van der Waals surface area contributed by atoms with Crippen molar-refractivity contribution in [1.82, 2.24) is 15.4 Å². The number of amides is 1. The smallest absolute Gasteiger partial charge is 0.308 e. The highest BCUT2D eigenvalue weighted by Crippen LogP contribution is 2.12. The molecule has 1 aromatic carbocycles. The standard InChI is InChI=1S/C15H14N4O3/c1-10(12-3-5-13(6-4-12)22-11(2)20)18-19-15(21)14-9-16-7-8-17-14/h3-9H,1-2H3,(H,19,21). The zero-order valence-electron chi connectivity index (χ0n) is 12.1. The Morgan fingerprint density at radius 3 is 2.45 bits per heavy atom. The molecule has 0 aliphatic carbocycles. The van der Waals surface area contributed by atoms with E-state index in [1.807, 2.05) is 0 Å². The molecule has 0 spiro atoms. The number of hydrogen-bond donors (Lipinski definition) is 1. The molecule has 7 heteroatoms. The Morgan fingerprint density at radius 1 is 1.14 bits per heavy atom. The number of hydrogen-bond acceptors (Lipinski definition) is 6. The van der Waals surface area contributed by atoms with Gasteiger partial charge in [-0.2, -0.15) is 5.10 Å². The average molecular weight is 298 g/mol. The van der Waals surface area contributed by atoms with Crippen LogP contribution >= 0.6 is 0 Å². The van der Waals surface area contributed by atoms with Gasteiger partial charge in [0.25, 0.3) is 5.91 Å². The minimum atomic E-state index is -0.441. The molecule has 2 rings (SSSR count). The number of benzene rings is 1. The molecule has 0 atom stereocenters. The van der Waals surface area contributed by atoms with Crippen LogP contribution in [0.1, 0.15) is 29.9 Å². The molecule has 0 unspecified atom stereocenters. The number of aromatic nitrogens is 2. The lowest BCUT2D eigenvalue weighted by molar-refractivity contribution is -0.131. The average Bonchev–Trinajstić information content (AvgIpc) is 2.53. The quantitative estimate of drug-likeness (QED) is 0.400. The molecule has 1 N–H and O–H groups in total. The van der Waals surface area contributed by atoms with Gasteiger partial charge < -0.3 is 4.74 Å². The van der Waals surface area contributed by atoms with Gasteiger partial charge in [0.05, 0.1) is 11.9 Å². The molecule has 0 aliphatic rings. The summed E-state index contributed by atoms with van der Waals surface area (Å²) in [6, 6.07) is 6.79. The van der Waals surface area contributed by atoms with E-state index >= 15 is 0 Å². The first-order valence-electron chi connectivity index (χ1n) is 6.46. The van der Waals surface area contributed by atoms with Gasteiger partial charge in [0, 0.05) is 19.3 Å². The maximum atomic E-state index is 11.8. The second-order valence-corrected chi connectivity index (χ2v) is 4.35. The predicted molar refractivity (Wildman–Crippen MR) is 79.5 cm³/mol. The summed E-state index contributed by atoms with van der Waals surface area (Å²) in [6.07, 6.45) is 4.27. The summed E-state index contributed by atoms with van der Waals surface area (Å²) < 4.78 is 4.94. The number of rotatable bonds is 4. The van der Waals surface area contributed by atoms with Gasteiger partial charge in [-0.1, -0.05) is 0 Å². The summed E-state index contributed by atoms with van der Waals surface area (Å²) in [6.45, 7) is 3.08. The minimum Gasteiger partial charge on any atom is -0.427 e. The van der Waals surface area contributed by atoms with Crippen LogP contribution in [0.25, 0.3) is 0 Å². The fourth-order valence-corrected chi connectivity index (χ4v) is 1.60. The van der Waals surface area contributed by atoms with Gasteiger partial charge in [-0.15, -0.1) is 0 Å². The van der Waals surface area contributed by atoms with Crippen LogP contribution in [0.3, 0.4) is 0 Å². The predicted octanol–water partition coefficient (Wildman–Crippen LogP) is 1.56. The van der Waals surface area contributed by atoms with E-state index in [0.717, 1.165) is 5.56 Å². The largest absolute Gasteiger partial charge is 0.427 e. The molecule has 112 valence electrons. The van der Waals surface area contributed by atoms with Crippen molar-refractivity contribution < 1.29 is 14.3 Å². The Kier molecular flexibility index (Phi) is 4.92. The normalized spacial score (nSPS) is 10.9. The van der Waals surface area contributed by atoms with Crippen LogP contribution in [-0.2, 0) is 4.79 Å². The molecule has 1 heterocycles. The molecule has 7 nitrogen and oxygen atoms in total. The maximum absolute atomic E-state index is 11.8. The molecule has 0 saturated heterocycles. The Bertz CT molecular complexity index is 696. The Hall–Kier alpha value is -3.09. The Morgan fingerprint density at radius 2 is 1.86 bits per heavy atom. The molecular formula is C15H14N4O3. The van der Waals surface area contributed by atoms with E-state index in [2.05, 4.69) is 20.5 Å². The van der Waals surface area contributed by atoms with Crippen LogP contribution < -0.4 is 10.2 Å². The molecule has 0 radical (unpaired) electrons. The first-order valence-corrected chi connectivity index (χ1v) is 6.46. The third kappa shape index (κ3) is 4.20. The zero-order valence-corrected chi connectivity index (χ0v) is 12.1. The highest BCUT2D eigenvalue weighted by atomic mass is 16.5. The van der Waals surface area contributed by atoms with Crippen LogP contribution in [0.15, 0.2) is 48.0 Å². The molecule has 22 heavy (non-hydrogen) atoms. The van der Waals surface area contributed by atoms with Gasteiger partial charge in [-0.05, 0) is 36.8 Å². The summed E-state index contributed by atoms with van der Waals surface area (Å²) in [4.78, 5) is 30.3. The van der Waals surface area contributed by atoms with Gasteiger partial charge in [-0.25, -0.2) is 10.4 Å². The Balaban J connectivity index is 2.03. The SMILES string of the molecule is CC(=O)Oc1ccc(C(C)=NNC(=O)c2cnccn2)cc1. The molecule has 1 aromatic heterocycles. The number of hydrazone groups is 1. The van der Waals surface area contributed by atoms with Gasteiger partial charge in [-0.3, -0.25) is 14.6 Å². The monoisotopic (exact) mass is 298 g/mol. The summed E-state index contributed by atoms with van der Waals surface area (Å²) in [5.74, 6) is -0.369. The fraction of sp³-hybridized carbons (Fsp3) is 0.133. The maximum Gasteiger partial charge on any atom is 0.308 e. The van der Waals surface area contributed by atoms with Crippen molar-refractivity contribution in [2.24, 2.45) is 5.10 Å². The topological polar surface area (TPSA) is 93.5 Å². The van der Waals surface area contributed by atoms with E-state index in [1.165, 1.54) is 25.5 Å². The minimum absolute atomic E-state index is 0.184. The van der Waals surface area contributed by atoms with E-state index < -0.39 is 5.91 Å². The highest BCUT2D eigenvalue weighted by molar-refractivity contribution is 6.00. The summed E-state index contributed by atoms with van der Waals surface area (Å²) >= 11 is 0.